The van der Waals surface area contributed by atoms with Gasteiger partial charge in [-0.2, -0.15) is 0 Å². The zero-order chi connectivity index (χ0) is 21.6. The van der Waals surface area contributed by atoms with Gasteiger partial charge in [0.1, 0.15) is 0 Å². The Kier molecular flexibility index (Phi) is 6.40. The zero-order valence-corrected chi connectivity index (χ0v) is 17.7. The first kappa shape index (κ1) is 20.8. The zero-order valence-electron chi connectivity index (χ0n) is 17.7. The average Bonchev–Trinajstić information content (AvgIpc) is 3.40. The van der Waals surface area contributed by atoms with E-state index in [-0.39, 0.29) is 17.7 Å². The second-order valence-corrected chi connectivity index (χ2v) is 8.14. The monoisotopic (exact) mass is 417 g/mol. The lowest BCUT2D eigenvalue weighted by atomic mass is 10.1. The Morgan fingerprint density at radius 2 is 1.87 bits per heavy atom. The number of hydrogen-bond acceptors (Lipinski definition) is 4. The molecule has 1 saturated heterocycles. The number of nitrogens with one attached hydrogen (secondary N) is 1. The molecule has 160 valence electrons. The van der Waals surface area contributed by atoms with Gasteiger partial charge in [0.15, 0.2) is 5.69 Å². The lowest BCUT2D eigenvalue weighted by Crippen LogP contribution is -2.31. The van der Waals surface area contributed by atoms with E-state index in [0.717, 1.165) is 12.0 Å². The van der Waals surface area contributed by atoms with Crippen LogP contribution in [0.25, 0.3) is 0 Å². The maximum absolute atomic E-state index is 12.4. The van der Waals surface area contributed by atoms with E-state index in [1.807, 2.05) is 30.0 Å². The minimum atomic E-state index is -0.254. The number of amides is 2. The molecule has 31 heavy (non-hydrogen) atoms. The first-order valence-corrected chi connectivity index (χ1v) is 10.6. The smallest absolute Gasteiger partial charge is 0.273 e. The Labute approximate surface area is 182 Å². The van der Waals surface area contributed by atoms with Crippen molar-refractivity contribution in [2.45, 2.75) is 32.9 Å². The Morgan fingerprint density at radius 1 is 1.10 bits per heavy atom. The summed E-state index contributed by atoms with van der Waals surface area (Å²) in [6.45, 7) is 4.42. The van der Waals surface area contributed by atoms with Crippen LogP contribution in [0, 0.1) is 12.8 Å². The van der Waals surface area contributed by atoms with Crippen molar-refractivity contribution in [1.82, 2.24) is 25.2 Å². The molecule has 1 atom stereocenters. The first-order valence-electron chi connectivity index (χ1n) is 10.6. The Bertz CT molecular complexity index is 1030. The van der Waals surface area contributed by atoms with Gasteiger partial charge in [-0.05, 0) is 24.5 Å². The van der Waals surface area contributed by atoms with E-state index in [9.17, 15) is 9.59 Å². The van der Waals surface area contributed by atoms with Gasteiger partial charge in [0.2, 0.25) is 5.91 Å². The van der Waals surface area contributed by atoms with Gasteiger partial charge in [0.25, 0.3) is 5.91 Å². The Morgan fingerprint density at radius 3 is 2.65 bits per heavy atom. The molecule has 0 saturated carbocycles. The summed E-state index contributed by atoms with van der Waals surface area (Å²) in [4.78, 5) is 26.7. The molecule has 0 bridgehead atoms. The summed E-state index contributed by atoms with van der Waals surface area (Å²) in [5.41, 5.74) is 3.84. The molecule has 1 aliphatic rings. The van der Waals surface area contributed by atoms with Crippen molar-refractivity contribution in [3.8, 4) is 0 Å². The third kappa shape index (κ3) is 5.57. The fourth-order valence-electron chi connectivity index (χ4n) is 3.79. The quantitative estimate of drug-likeness (QED) is 0.611. The van der Waals surface area contributed by atoms with E-state index in [1.165, 1.54) is 11.1 Å². The van der Waals surface area contributed by atoms with Gasteiger partial charge in [0, 0.05) is 38.5 Å². The molecule has 0 spiro atoms. The van der Waals surface area contributed by atoms with Crippen molar-refractivity contribution in [2.24, 2.45) is 5.92 Å². The molecule has 1 aliphatic heterocycles. The third-order valence-electron chi connectivity index (χ3n) is 5.58. The molecule has 2 aromatic carbocycles. The van der Waals surface area contributed by atoms with Crippen LogP contribution in [0.4, 0.5) is 0 Å². The van der Waals surface area contributed by atoms with Crippen LogP contribution in [-0.2, 0) is 24.3 Å². The second kappa shape index (κ2) is 9.55. The molecule has 3 aromatic rings. The summed E-state index contributed by atoms with van der Waals surface area (Å²) >= 11 is 0. The highest BCUT2D eigenvalue weighted by Gasteiger charge is 2.29. The van der Waals surface area contributed by atoms with Crippen LogP contribution in [0.3, 0.4) is 0 Å². The molecule has 2 amide bonds. The van der Waals surface area contributed by atoms with E-state index >= 15 is 0 Å². The van der Waals surface area contributed by atoms with Gasteiger partial charge < -0.3 is 10.2 Å². The van der Waals surface area contributed by atoms with E-state index in [0.29, 0.717) is 38.3 Å². The second-order valence-electron chi connectivity index (χ2n) is 8.14. The van der Waals surface area contributed by atoms with Crippen molar-refractivity contribution < 1.29 is 9.59 Å². The molecule has 2 heterocycles. The highest BCUT2D eigenvalue weighted by Crippen LogP contribution is 2.20. The van der Waals surface area contributed by atoms with Gasteiger partial charge >= 0.3 is 0 Å². The van der Waals surface area contributed by atoms with Crippen LogP contribution in [0.15, 0.2) is 60.8 Å². The first-order chi connectivity index (χ1) is 15.1. The van der Waals surface area contributed by atoms with Gasteiger partial charge in [-0.1, -0.05) is 65.4 Å². The molecule has 7 nitrogen and oxygen atoms in total. The van der Waals surface area contributed by atoms with Crippen molar-refractivity contribution >= 4 is 11.8 Å². The van der Waals surface area contributed by atoms with E-state index < -0.39 is 0 Å². The molecule has 4 rings (SSSR count). The maximum Gasteiger partial charge on any atom is 0.273 e. The Hall–Kier alpha value is -3.48. The van der Waals surface area contributed by atoms with Crippen LogP contribution >= 0.6 is 0 Å². The van der Waals surface area contributed by atoms with Crippen molar-refractivity contribution in [3.05, 3.63) is 83.2 Å². The van der Waals surface area contributed by atoms with Crippen LogP contribution in [0.2, 0.25) is 0 Å². The number of hydrogen-bond donors (Lipinski definition) is 1. The highest BCUT2D eigenvalue weighted by molar-refractivity contribution is 5.91. The summed E-state index contributed by atoms with van der Waals surface area (Å²) in [7, 11) is 0. The topological polar surface area (TPSA) is 80.1 Å². The summed E-state index contributed by atoms with van der Waals surface area (Å²) in [5, 5.41) is 10.9. The van der Waals surface area contributed by atoms with Gasteiger partial charge in [-0.25, -0.2) is 0 Å². The lowest BCUT2D eigenvalue weighted by Gasteiger charge is -2.17. The van der Waals surface area contributed by atoms with Crippen LogP contribution in [0.5, 0.6) is 0 Å². The summed E-state index contributed by atoms with van der Waals surface area (Å²) in [6, 6.07) is 18.3. The number of nitrogens with zero attached hydrogens (tertiary/aromatic N) is 4. The lowest BCUT2D eigenvalue weighted by molar-refractivity contribution is -0.128. The van der Waals surface area contributed by atoms with Gasteiger partial charge in [0.05, 0.1) is 6.20 Å². The molecular formula is C24H27N5O2. The molecule has 1 fully saturated rings. The van der Waals surface area contributed by atoms with Crippen LogP contribution in [0.1, 0.15) is 33.6 Å². The van der Waals surface area contributed by atoms with Crippen molar-refractivity contribution in [1.29, 1.82) is 0 Å². The molecular weight excluding hydrogens is 390 g/mol. The number of likely N-dealkylation sites (tertiary alicyclic amines) is 1. The number of aryl methyl sites for hydroxylation is 3. The van der Waals surface area contributed by atoms with E-state index in [1.54, 1.807) is 10.9 Å². The number of carbonyl (C=O) groups is 2. The predicted octanol–water partition coefficient (Wildman–Crippen LogP) is 2.61. The molecule has 0 aliphatic carbocycles. The summed E-state index contributed by atoms with van der Waals surface area (Å²) in [6.07, 6.45) is 2.95. The number of rotatable bonds is 8. The largest absolute Gasteiger partial charge is 0.350 e. The fraction of sp³-hybridized carbons (Fsp3) is 0.333. The van der Waals surface area contributed by atoms with E-state index in [2.05, 4.69) is 52.0 Å². The van der Waals surface area contributed by atoms with Crippen LogP contribution in [-0.4, -0.2) is 44.8 Å². The predicted molar refractivity (Wildman–Crippen MR) is 117 cm³/mol. The molecule has 0 radical (unpaired) electrons. The molecule has 7 heteroatoms. The Balaban J connectivity index is 1.24. The fourth-order valence-corrected chi connectivity index (χ4v) is 3.79. The van der Waals surface area contributed by atoms with E-state index in [4.69, 9.17) is 0 Å². The third-order valence-corrected chi connectivity index (χ3v) is 5.58. The summed E-state index contributed by atoms with van der Waals surface area (Å²) < 4.78 is 1.68. The van der Waals surface area contributed by atoms with Crippen molar-refractivity contribution in [2.75, 3.05) is 13.1 Å². The molecule has 1 N–H and O–H groups in total. The standard InChI is InChI=1S/C24H27N5O2/c1-18-7-9-20(10-8-18)15-28-16-21(13-23(28)30)14-25-24(31)22-17-29(27-26-22)12-11-19-5-3-2-4-6-19/h2-10,17,21H,11-16H2,1H3,(H,25,31). The maximum atomic E-state index is 12.4. The van der Waals surface area contributed by atoms with Crippen LogP contribution < -0.4 is 5.32 Å². The number of carbonyl (C=O) groups excluding carboxylic acids is 2. The number of benzene rings is 2. The average molecular weight is 418 g/mol. The van der Waals surface area contributed by atoms with Gasteiger partial charge in [-0.3, -0.25) is 14.3 Å². The minimum Gasteiger partial charge on any atom is -0.350 e. The van der Waals surface area contributed by atoms with Crippen molar-refractivity contribution in [3.63, 3.8) is 0 Å². The number of aromatic nitrogens is 3. The van der Waals surface area contributed by atoms with Gasteiger partial charge in [-0.15, -0.1) is 5.10 Å². The molecule has 1 aromatic heterocycles. The minimum absolute atomic E-state index is 0.107. The highest BCUT2D eigenvalue weighted by atomic mass is 16.2. The summed E-state index contributed by atoms with van der Waals surface area (Å²) in [5.74, 6) is -0.0166. The molecule has 1 unspecified atom stereocenters. The normalized spacial score (nSPS) is 16.0. The SMILES string of the molecule is Cc1ccc(CN2CC(CNC(=O)c3cn(CCc4ccccc4)nn3)CC2=O)cc1.